The number of aryl methyl sites for hydroxylation is 1. The average molecular weight is 272 g/mol. The number of carbonyl (C=O) groups is 1. The minimum Gasteiger partial charge on any atom is -0.464 e. The van der Waals surface area contributed by atoms with Gasteiger partial charge in [0.25, 0.3) is 0 Å². The average Bonchev–Trinajstić information content (AvgIpc) is 2.29. The van der Waals surface area contributed by atoms with Crippen molar-refractivity contribution in [3.63, 3.8) is 0 Å². The second kappa shape index (κ2) is 4.43. The number of esters is 1. The van der Waals surface area contributed by atoms with E-state index in [1.165, 1.54) is 13.2 Å². The summed E-state index contributed by atoms with van der Waals surface area (Å²) in [6.45, 7) is 1.71. The van der Waals surface area contributed by atoms with Crippen molar-refractivity contribution in [1.29, 1.82) is 0 Å². The second-order valence-electron chi connectivity index (χ2n) is 3.26. The molecule has 0 fully saturated rings. The Bertz CT molecular complexity index is 616. The quantitative estimate of drug-likeness (QED) is 0.589. The number of fused-ring (bicyclic) bond motifs is 1. The van der Waals surface area contributed by atoms with Gasteiger partial charge in [-0.1, -0.05) is 11.6 Å². The number of hydrogen-bond donors (Lipinski definition) is 0. The Labute approximate surface area is 107 Å². The van der Waals surface area contributed by atoms with Crippen molar-refractivity contribution in [2.24, 2.45) is 0 Å². The van der Waals surface area contributed by atoms with Crippen LogP contribution in [-0.2, 0) is 4.74 Å². The van der Waals surface area contributed by atoms with Gasteiger partial charge in [0.05, 0.1) is 17.8 Å². The molecule has 0 spiro atoms. The van der Waals surface area contributed by atoms with Gasteiger partial charge in [0, 0.05) is 0 Å². The van der Waals surface area contributed by atoms with Crippen molar-refractivity contribution in [3.05, 3.63) is 27.8 Å². The van der Waals surface area contributed by atoms with E-state index in [1.807, 2.05) is 0 Å². The lowest BCUT2D eigenvalue weighted by Gasteiger charge is -2.05. The fourth-order valence-corrected chi connectivity index (χ4v) is 1.83. The predicted molar refractivity (Wildman–Crippen MR) is 63.4 cm³/mol. The number of methoxy groups -OCH3 is 1. The number of aromatic nitrogens is 3. The van der Waals surface area contributed by atoms with Crippen LogP contribution in [-0.4, -0.2) is 28.0 Å². The predicted octanol–water partition coefficient (Wildman–Crippen LogP) is 2.43. The normalized spacial score (nSPS) is 10.6. The molecule has 2 aromatic rings. The van der Waals surface area contributed by atoms with Crippen LogP contribution in [0, 0.1) is 6.92 Å². The molecule has 0 unspecified atom stereocenters. The van der Waals surface area contributed by atoms with Crippen LogP contribution in [0.5, 0.6) is 0 Å². The van der Waals surface area contributed by atoms with E-state index in [2.05, 4.69) is 19.7 Å². The van der Waals surface area contributed by atoms with E-state index in [-0.39, 0.29) is 16.0 Å². The lowest BCUT2D eigenvalue weighted by molar-refractivity contribution is 0.0594. The number of ether oxygens (including phenoxy) is 1. The monoisotopic (exact) mass is 271 g/mol. The smallest absolute Gasteiger partial charge is 0.356 e. The minimum absolute atomic E-state index is 0.0875. The largest absolute Gasteiger partial charge is 0.464 e. The van der Waals surface area contributed by atoms with Gasteiger partial charge in [-0.2, -0.15) is 0 Å². The van der Waals surface area contributed by atoms with Crippen molar-refractivity contribution in [3.8, 4) is 0 Å². The summed E-state index contributed by atoms with van der Waals surface area (Å²) in [5.41, 5.74) is 1.51. The number of carbonyl (C=O) groups excluding carboxylic acids is 1. The van der Waals surface area contributed by atoms with Crippen LogP contribution < -0.4 is 0 Å². The van der Waals surface area contributed by atoms with Crippen LogP contribution in [0.3, 0.4) is 0 Å². The molecule has 2 rings (SSSR count). The molecule has 0 N–H and O–H groups in total. The molecule has 7 heteroatoms. The first-order valence-corrected chi connectivity index (χ1v) is 5.37. The van der Waals surface area contributed by atoms with E-state index >= 15 is 0 Å². The van der Waals surface area contributed by atoms with Crippen LogP contribution in [0.2, 0.25) is 10.3 Å². The van der Waals surface area contributed by atoms with Gasteiger partial charge >= 0.3 is 5.97 Å². The van der Waals surface area contributed by atoms with Gasteiger partial charge in [-0.25, -0.2) is 19.7 Å². The summed E-state index contributed by atoms with van der Waals surface area (Å²) < 4.78 is 4.58. The summed E-state index contributed by atoms with van der Waals surface area (Å²) >= 11 is 11.7. The zero-order valence-electron chi connectivity index (χ0n) is 8.99. The lowest BCUT2D eigenvalue weighted by Crippen LogP contribution is -2.06. The van der Waals surface area contributed by atoms with Gasteiger partial charge in [-0.05, 0) is 24.6 Å². The molecular formula is C10H7Cl2N3O2. The molecule has 0 aliphatic rings. The highest BCUT2D eigenvalue weighted by molar-refractivity contribution is 6.35. The molecule has 2 aromatic heterocycles. The second-order valence-corrected chi connectivity index (χ2v) is 4.00. The highest BCUT2D eigenvalue weighted by atomic mass is 35.5. The highest BCUT2D eigenvalue weighted by Crippen LogP contribution is 2.24. The highest BCUT2D eigenvalue weighted by Gasteiger charge is 2.14. The minimum atomic E-state index is -0.567. The maximum atomic E-state index is 11.4. The van der Waals surface area contributed by atoms with Crippen molar-refractivity contribution in [2.75, 3.05) is 7.11 Å². The van der Waals surface area contributed by atoms with E-state index < -0.39 is 5.97 Å². The first kappa shape index (κ1) is 12.0. The van der Waals surface area contributed by atoms with Crippen LogP contribution in [0.4, 0.5) is 0 Å². The van der Waals surface area contributed by atoms with E-state index in [9.17, 15) is 4.79 Å². The molecule has 0 bridgehead atoms. The molecule has 0 aromatic carbocycles. The van der Waals surface area contributed by atoms with Gasteiger partial charge in [0.1, 0.15) is 11.0 Å². The van der Waals surface area contributed by atoms with Gasteiger partial charge in [0.15, 0.2) is 5.69 Å². The number of halogens is 2. The molecule has 2 heterocycles. The maximum absolute atomic E-state index is 11.4. The van der Waals surface area contributed by atoms with Gasteiger partial charge < -0.3 is 4.74 Å². The Kier molecular flexibility index (Phi) is 3.13. The van der Waals surface area contributed by atoms with E-state index in [0.717, 1.165) is 0 Å². The third kappa shape index (κ3) is 2.16. The van der Waals surface area contributed by atoms with Crippen molar-refractivity contribution < 1.29 is 9.53 Å². The standard InChI is InChI=1S/C10H7Cl2N3O2/c1-4-7-8(15-10(12)13-4)5(11)3-6(14-7)9(16)17-2/h3H,1-2H3. The van der Waals surface area contributed by atoms with Crippen molar-refractivity contribution >= 4 is 40.2 Å². The molecule has 17 heavy (non-hydrogen) atoms. The third-order valence-electron chi connectivity index (χ3n) is 2.15. The molecular weight excluding hydrogens is 265 g/mol. The zero-order chi connectivity index (χ0) is 12.6. The Morgan fingerprint density at radius 1 is 1.24 bits per heavy atom. The molecule has 0 aliphatic carbocycles. The number of nitrogens with zero attached hydrogens (tertiary/aromatic N) is 3. The Hall–Kier alpha value is -1.46. The molecule has 0 aliphatic heterocycles. The first-order chi connectivity index (χ1) is 8.02. The number of hydrogen-bond acceptors (Lipinski definition) is 5. The number of pyridine rings is 1. The summed E-state index contributed by atoms with van der Waals surface area (Å²) in [7, 11) is 1.27. The summed E-state index contributed by atoms with van der Waals surface area (Å²) in [5.74, 6) is -0.567. The van der Waals surface area contributed by atoms with Crippen LogP contribution in [0.1, 0.15) is 16.2 Å². The van der Waals surface area contributed by atoms with Gasteiger partial charge in [-0.3, -0.25) is 0 Å². The van der Waals surface area contributed by atoms with Crippen LogP contribution in [0.15, 0.2) is 6.07 Å². The van der Waals surface area contributed by atoms with Crippen LogP contribution >= 0.6 is 23.2 Å². The Balaban J connectivity index is 2.77. The molecule has 0 atom stereocenters. The topological polar surface area (TPSA) is 65.0 Å². The molecule has 5 nitrogen and oxygen atoms in total. The Morgan fingerprint density at radius 2 is 1.94 bits per heavy atom. The first-order valence-electron chi connectivity index (χ1n) is 4.61. The van der Waals surface area contributed by atoms with Crippen molar-refractivity contribution in [2.45, 2.75) is 6.92 Å². The van der Waals surface area contributed by atoms with E-state index in [1.54, 1.807) is 6.92 Å². The van der Waals surface area contributed by atoms with Gasteiger partial charge in [0.2, 0.25) is 5.28 Å². The zero-order valence-corrected chi connectivity index (χ0v) is 10.5. The Morgan fingerprint density at radius 3 is 2.59 bits per heavy atom. The lowest BCUT2D eigenvalue weighted by atomic mass is 10.2. The molecule has 0 amide bonds. The third-order valence-corrected chi connectivity index (χ3v) is 2.60. The molecule has 0 saturated carbocycles. The summed E-state index contributed by atoms with van der Waals surface area (Å²) in [4.78, 5) is 23.4. The van der Waals surface area contributed by atoms with Crippen molar-refractivity contribution in [1.82, 2.24) is 15.0 Å². The maximum Gasteiger partial charge on any atom is 0.356 e. The molecule has 0 radical (unpaired) electrons. The van der Waals surface area contributed by atoms with E-state index in [0.29, 0.717) is 16.7 Å². The number of rotatable bonds is 1. The van der Waals surface area contributed by atoms with Crippen LogP contribution in [0.25, 0.3) is 11.0 Å². The molecule has 0 saturated heterocycles. The fourth-order valence-electron chi connectivity index (χ4n) is 1.38. The molecule has 88 valence electrons. The summed E-state index contributed by atoms with van der Waals surface area (Å²) in [6, 6.07) is 1.39. The van der Waals surface area contributed by atoms with E-state index in [4.69, 9.17) is 23.2 Å². The summed E-state index contributed by atoms with van der Waals surface area (Å²) in [5, 5.41) is 0.368. The summed E-state index contributed by atoms with van der Waals surface area (Å²) in [6.07, 6.45) is 0. The fraction of sp³-hybridized carbons (Fsp3) is 0.200. The van der Waals surface area contributed by atoms with Gasteiger partial charge in [-0.15, -0.1) is 0 Å². The SMILES string of the molecule is COC(=O)c1cc(Cl)c2nc(Cl)nc(C)c2n1.